The third-order valence-electron chi connectivity index (χ3n) is 2.22. The summed E-state index contributed by atoms with van der Waals surface area (Å²) in [6, 6.07) is 3.63. The molecule has 1 aromatic heterocycles. The maximum Gasteiger partial charge on any atom is 0.134 e. The van der Waals surface area contributed by atoms with Gasteiger partial charge in [0.05, 0.1) is 0 Å². The van der Waals surface area contributed by atoms with Gasteiger partial charge >= 0.3 is 0 Å². The zero-order valence-corrected chi connectivity index (χ0v) is 9.65. The zero-order valence-electron chi connectivity index (χ0n) is 8.13. The molecule has 0 unspecified atom stereocenters. The number of nitrogens with zero attached hydrogens (tertiary/aromatic N) is 2. The number of halogens is 2. The van der Waals surface area contributed by atoms with Crippen LogP contribution in [0.2, 0.25) is 10.3 Å². The molecular weight excluding hydrogens is 233 g/mol. The summed E-state index contributed by atoms with van der Waals surface area (Å²) in [5, 5.41) is 4.11. The quantitative estimate of drug-likeness (QED) is 0.810. The van der Waals surface area contributed by atoms with Crippen molar-refractivity contribution in [1.82, 2.24) is 10.3 Å². The topological polar surface area (TPSA) is 37.3 Å². The highest BCUT2D eigenvalue weighted by molar-refractivity contribution is 6.33. The Labute approximate surface area is 98.5 Å². The van der Waals surface area contributed by atoms with E-state index in [1.807, 2.05) is 6.07 Å². The van der Waals surface area contributed by atoms with Gasteiger partial charge in [-0.1, -0.05) is 29.3 Å². The maximum atomic E-state index is 5.97. The molecular formula is C10H11Cl2N3. The van der Waals surface area contributed by atoms with Crippen molar-refractivity contribution in [3.05, 3.63) is 28.0 Å². The number of nitrogens with one attached hydrogen (secondary N) is 1. The number of aromatic nitrogens is 1. The first-order chi connectivity index (χ1) is 7.25. The fraction of sp³-hybridized carbons (Fsp3) is 0.400. The van der Waals surface area contributed by atoms with Gasteiger partial charge in [0.25, 0.3) is 0 Å². The highest BCUT2D eigenvalue weighted by Crippen LogP contribution is 2.17. The van der Waals surface area contributed by atoms with E-state index in [1.54, 1.807) is 6.07 Å². The summed E-state index contributed by atoms with van der Waals surface area (Å²) >= 11 is 11.7. The van der Waals surface area contributed by atoms with E-state index in [0.717, 1.165) is 30.9 Å². The number of amidine groups is 1. The first-order valence-electron chi connectivity index (χ1n) is 4.84. The Hall–Kier alpha value is -0.800. The van der Waals surface area contributed by atoms with Crippen molar-refractivity contribution in [2.75, 3.05) is 13.1 Å². The lowest BCUT2D eigenvalue weighted by Crippen LogP contribution is -2.31. The Morgan fingerprint density at radius 3 is 2.87 bits per heavy atom. The summed E-state index contributed by atoms with van der Waals surface area (Å²) in [5.41, 5.74) is 0.953. The molecule has 2 heterocycles. The summed E-state index contributed by atoms with van der Waals surface area (Å²) < 4.78 is 0. The van der Waals surface area contributed by atoms with Crippen molar-refractivity contribution in [3.8, 4) is 0 Å². The smallest absolute Gasteiger partial charge is 0.134 e. The van der Waals surface area contributed by atoms with E-state index in [9.17, 15) is 0 Å². The van der Waals surface area contributed by atoms with Crippen LogP contribution in [0.1, 0.15) is 12.0 Å². The first-order valence-corrected chi connectivity index (χ1v) is 5.59. The highest BCUT2D eigenvalue weighted by atomic mass is 35.5. The Morgan fingerprint density at radius 1 is 1.33 bits per heavy atom. The van der Waals surface area contributed by atoms with E-state index in [1.165, 1.54) is 0 Å². The van der Waals surface area contributed by atoms with Crippen molar-refractivity contribution >= 4 is 29.0 Å². The van der Waals surface area contributed by atoms with Crippen LogP contribution in [0, 0.1) is 0 Å². The van der Waals surface area contributed by atoms with Crippen LogP contribution in [-0.2, 0) is 6.42 Å². The summed E-state index contributed by atoms with van der Waals surface area (Å²) in [5.74, 6) is 0.979. The molecule has 0 saturated heterocycles. The minimum atomic E-state index is 0.419. The molecule has 0 amide bonds. The summed E-state index contributed by atoms with van der Waals surface area (Å²) in [6.45, 7) is 1.87. The predicted molar refractivity (Wildman–Crippen MR) is 62.9 cm³/mol. The van der Waals surface area contributed by atoms with Crippen molar-refractivity contribution in [2.45, 2.75) is 12.8 Å². The maximum absolute atomic E-state index is 5.97. The van der Waals surface area contributed by atoms with Crippen LogP contribution in [-0.4, -0.2) is 23.9 Å². The summed E-state index contributed by atoms with van der Waals surface area (Å²) in [7, 11) is 0. The van der Waals surface area contributed by atoms with Gasteiger partial charge in [0.2, 0.25) is 0 Å². The summed E-state index contributed by atoms with van der Waals surface area (Å²) in [6.07, 6.45) is 1.79. The van der Waals surface area contributed by atoms with Crippen LogP contribution in [0.4, 0.5) is 0 Å². The molecule has 0 fully saturated rings. The number of aliphatic imine (C=N–C) groups is 1. The van der Waals surface area contributed by atoms with Crippen LogP contribution >= 0.6 is 23.2 Å². The fourth-order valence-electron chi connectivity index (χ4n) is 1.45. The molecule has 15 heavy (non-hydrogen) atoms. The average molecular weight is 244 g/mol. The molecule has 0 atom stereocenters. The van der Waals surface area contributed by atoms with Gasteiger partial charge in [0.1, 0.15) is 16.1 Å². The summed E-state index contributed by atoms with van der Waals surface area (Å²) in [4.78, 5) is 8.36. The highest BCUT2D eigenvalue weighted by Gasteiger charge is 2.08. The molecule has 1 aliphatic rings. The monoisotopic (exact) mass is 243 g/mol. The van der Waals surface area contributed by atoms with Crippen LogP contribution in [0.25, 0.3) is 0 Å². The molecule has 5 heteroatoms. The van der Waals surface area contributed by atoms with E-state index < -0.39 is 0 Å². The molecule has 0 spiro atoms. The van der Waals surface area contributed by atoms with E-state index in [2.05, 4.69) is 15.3 Å². The lowest BCUT2D eigenvalue weighted by molar-refractivity contribution is 0.731. The van der Waals surface area contributed by atoms with E-state index >= 15 is 0 Å². The Bertz CT molecular complexity index is 390. The van der Waals surface area contributed by atoms with Gasteiger partial charge in [-0.15, -0.1) is 0 Å². The van der Waals surface area contributed by atoms with Gasteiger partial charge in [0, 0.05) is 19.5 Å². The molecule has 0 aromatic carbocycles. The molecule has 0 radical (unpaired) electrons. The largest absolute Gasteiger partial charge is 0.373 e. The number of hydrogen-bond donors (Lipinski definition) is 1. The van der Waals surface area contributed by atoms with Gasteiger partial charge in [-0.2, -0.15) is 0 Å². The number of hydrogen-bond acceptors (Lipinski definition) is 3. The molecule has 3 nitrogen and oxygen atoms in total. The second-order valence-electron chi connectivity index (χ2n) is 3.37. The second kappa shape index (κ2) is 4.81. The van der Waals surface area contributed by atoms with Gasteiger partial charge in [-0.3, -0.25) is 4.99 Å². The molecule has 0 bridgehead atoms. The van der Waals surface area contributed by atoms with Gasteiger partial charge < -0.3 is 5.32 Å². The Morgan fingerprint density at radius 2 is 2.20 bits per heavy atom. The molecule has 1 aliphatic heterocycles. The van der Waals surface area contributed by atoms with Gasteiger partial charge in [-0.25, -0.2) is 4.98 Å². The van der Waals surface area contributed by atoms with Crippen LogP contribution in [0.3, 0.4) is 0 Å². The van der Waals surface area contributed by atoms with Crippen LogP contribution < -0.4 is 5.32 Å². The van der Waals surface area contributed by atoms with E-state index in [4.69, 9.17) is 23.2 Å². The van der Waals surface area contributed by atoms with Crippen LogP contribution in [0.5, 0.6) is 0 Å². The molecule has 2 rings (SSSR count). The average Bonchev–Trinajstić information content (AvgIpc) is 2.24. The standard InChI is InChI=1S/C10H11Cl2N3/c11-8-3-2-7(10(12)15-8)6-9-13-4-1-5-14-9/h2-3H,1,4-6H2,(H,13,14). The molecule has 0 aliphatic carbocycles. The predicted octanol–water partition coefficient (Wildman–Crippen LogP) is 2.32. The lowest BCUT2D eigenvalue weighted by Gasteiger charge is -2.14. The number of rotatable bonds is 2. The zero-order chi connectivity index (χ0) is 10.7. The van der Waals surface area contributed by atoms with E-state index in [0.29, 0.717) is 16.7 Å². The third kappa shape index (κ3) is 2.83. The second-order valence-corrected chi connectivity index (χ2v) is 4.11. The third-order valence-corrected chi connectivity index (χ3v) is 2.75. The van der Waals surface area contributed by atoms with Gasteiger partial charge in [-0.05, 0) is 18.1 Å². The van der Waals surface area contributed by atoms with Crippen molar-refractivity contribution < 1.29 is 0 Å². The normalized spacial score (nSPS) is 15.7. The van der Waals surface area contributed by atoms with Crippen molar-refractivity contribution in [1.29, 1.82) is 0 Å². The van der Waals surface area contributed by atoms with Crippen molar-refractivity contribution in [3.63, 3.8) is 0 Å². The molecule has 0 saturated carbocycles. The van der Waals surface area contributed by atoms with Gasteiger partial charge in [0.15, 0.2) is 0 Å². The molecule has 80 valence electrons. The first kappa shape index (κ1) is 10.7. The minimum Gasteiger partial charge on any atom is -0.373 e. The fourth-order valence-corrected chi connectivity index (χ4v) is 1.86. The number of pyridine rings is 1. The van der Waals surface area contributed by atoms with E-state index in [-0.39, 0.29) is 0 Å². The molecule has 1 N–H and O–H groups in total. The van der Waals surface area contributed by atoms with Crippen LogP contribution in [0.15, 0.2) is 17.1 Å². The molecule has 1 aromatic rings. The minimum absolute atomic E-state index is 0.419. The lowest BCUT2D eigenvalue weighted by atomic mass is 10.2. The SMILES string of the molecule is Clc1ccc(CC2=NCCCN2)c(Cl)n1. The van der Waals surface area contributed by atoms with Crippen molar-refractivity contribution in [2.24, 2.45) is 4.99 Å². The Balaban J connectivity index is 2.13. The Kier molecular flexibility index (Phi) is 3.44.